The first-order valence-electron chi connectivity index (χ1n) is 5.42. The van der Waals surface area contributed by atoms with Crippen LogP contribution in [0.2, 0.25) is 5.02 Å². The molecule has 1 nitrogen and oxygen atoms in total. The zero-order valence-corrected chi connectivity index (χ0v) is 10.4. The monoisotopic (exact) mass is 223 g/mol. The minimum atomic E-state index is 0.752. The summed E-state index contributed by atoms with van der Waals surface area (Å²) in [4.78, 5) is 0. The molecule has 82 valence electrons. The SMILES string of the molecule is CC.Cc1ccc(Cl)c(C(N)=C2CC2)c1. The van der Waals surface area contributed by atoms with E-state index >= 15 is 0 Å². The lowest BCUT2D eigenvalue weighted by Gasteiger charge is -2.05. The van der Waals surface area contributed by atoms with Gasteiger partial charge >= 0.3 is 0 Å². The van der Waals surface area contributed by atoms with Crippen molar-refractivity contribution in [3.05, 3.63) is 39.9 Å². The van der Waals surface area contributed by atoms with Gasteiger partial charge in [0.1, 0.15) is 0 Å². The lowest BCUT2D eigenvalue weighted by Crippen LogP contribution is -1.97. The van der Waals surface area contributed by atoms with Gasteiger partial charge in [-0.25, -0.2) is 0 Å². The van der Waals surface area contributed by atoms with Crippen LogP contribution < -0.4 is 5.73 Å². The maximum Gasteiger partial charge on any atom is 0.0499 e. The highest BCUT2D eigenvalue weighted by atomic mass is 35.5. The number of aryl methyl sites for hydroxylation is 1. The summed E-state index contributed by atoms with van der Waals surface area (Å²) in [5.41, 5.74) is 10.4. The molecule has 1 aromatic carbocycles. The first-order chi connectivity index (χ1) is 7.18. The van der Waals surface area contributed by atoms with Crippen molar-refractivity contribution in [2.24, 2.45) is 5.73 Å². The van der Waals surface area contributed by atoms with E-state index in [1.165, 1.54) is 11.1 Å². The van der Waals surface area contributed by atoms with Crippen molar-refractivity contribution in [2.45, 2.75) is 33.6 Å². The highest BCUT2D eigenvalue weighted by molar-refractivity contribution is 6.32. The second-order valence-electron chi connectivity index (χ2n) is 3.50. The van der Waals surface area contributed by atoms with Crippen LogP contribution in [0, 0.1) is 6.92 Å². The van der Waals surface area contributed by atoms with E-state index < -0.39 is 0 Å². The second kappa shape index (κ2) is 5.22. The van der Waals surface area contributed by atoms with Gasteiger partial charge in [-0.15, -0.1) is 0 Å². The summed E-state index contributed by atoms with van der Waals surface area (Å²) in [5.74, 6) is 0. The van der Waals surface area contributed by atoms with Gasteiger partial charge in [0.15, 0.2) is 0 Å². The Hall–Kier alpha value is -0.950. The van der Waals surface area contributed by atoms with Crippen LogP contribution in [0.3, 0.4) is 0 Å². The van der Waals surface area contributed by atoms with Crippen molar-refractivity contribution in [1.29, 1.82) is 0 Å². The molecule has 1 aliphatic carbocycles. The van der Waals surface area contributed by atoms with Crippen molar-refractivity contribution in [1.82, 2.24) is 0 Å². The quantitative estimate of drug-likeness (QED) is 0.761. The summed E-state index contributed by atoms with van der Waals surface area (Å²) >= 11 is 6.05. The first-order valence-corrected chi connectivity index (χ1v) is 5.80. The molecule has 0 spiro atoms. The third kappa shape index (κ3) is 3.00. The van der Waals surface area contributed by atoms with Crippen LogP contribution in [0.4, 0.5) is 0 Å². The van der Waals surface area contributed by atoms with Crippen LogP contribution in [0.15, 0.2) is 23.8 Å². The number of halogens is 1. The molecule has 0 unspecified atom stereocenters. The van der Waals surface area contributed by atoms with E-state index in [0.29, 0.717) is 0 Å². The maximum atomic E-state index is 6.05. The standard InChI is InChI=1S/C11H12ClN.C2H6/c1-7-2-5-10(12)9(6-7)11(13)8-3-4-8;1-2/h2,5-6H,3-4,13H2,1H3;1-2H3. The predicted molar refractivity (Wildman–Crippen MR) is 67.9 cm³/mol. The molecule has 0 amide bonds. The van der Waals surface area contributed by atoms with Gasteiger partial charge in [-0.3, -0.25) is 0 Å². The summed E-state index contributed by atoms with van der Waals surface area (Å²) in [6.45, 7) is 6.05. The van der Waals surface area contributed by atoms with E-state index in [-0.39, 0.29) is 0 Å². The van der Waals surface area contributed by atoms with Gasteiger partial charge in [0.25, 0.3) is 0 Å². The molecule has 0 aromatic heterocycles. The molecule has 0 bridgehead atoms. The van der Waals surface area contributed by atoms with Crippen LogP contribution in [0.25, 0.3) is 5.70 Å². The van der Waals surface area contributed by atoms with E-state index in [4.69, 9.17) is 17.3 Å². The number of hydrogen-bond donors (Lipinski definition) is 1. The zero-order valence-electron chi connectivity index (χ0n) is 9.60. The van der Waals surface area contributed by atoms with E-state index in [1.54, 1.807) is 0 Å². The molecule has 2 N–H and O–H groups in total. The van der Waals surface area contributed by atoms with Gasteiger partial charge in [-0.05, 0) is 37.5 Å². The summed E-state index contributed by atoms with van der Waals surface area (Å²) < 4.78 is 0. The number of nitrogens with two attached hydrogens (primary N) is 1. The fourth-order valence-electron chi connectivity index (χ4n) is 1.37. The molecule has 0 atom stereocenters. The third-order valence-corrected chi connectivity index (χ3v) is 2.62. The van der Waals surface area contributed by atoms with Crippen LogP contribution in [-0.2, 0) is 0 Å². The fraction of sp³-hybridized carbons (Fsp3) is 0.385. The number of hydrogen-bond acceptors (Lipinski definition) is 1. The number of rotatable bonds is 1. The summed E-state index contributed by atoms with van der Waals surface area (Å²) in [5, 5.41) is 0.752. The molecule has 1 aromatic rings. The van der Waals surface area contributed by atoms with E-state index in [1.807, 2.05) is 39.0 Å². The highest BCUT2D eigenvalue weighted by Gasteiger charge is 2.18. The lowest BCUT2D eigenvalue weighted by molar-refractivity contribution is 1.41. The van der Waals surface area contributed by atoms with Gasteiger partial charge in [-0.2, -0.15) is 0 Å². The Labute approximate surface area is 96.9 Å². The maximum absolute atomic E-state index is 6.05. The van der Waals surface area contributed by atoms with Crippen LogP contribution in [-0.4, -0.2) is 0 Å². The molecule has 2 rings (SSSR count). The minimum absolute atomic E-state index is 0.752. The van der Waals surface area contributed by atoms with E-state index in [2.05, 4.69) is 0 Å². The predicted octanol–water partition coefficient (Wildman–Crippen LogP) is 4.14. The molecule has 15 heavy (non-hydrogen) atoms. The molecule has 0 saturated heterocycles. The minimum Gasteiger partial charge on any atom is -0.398 e. The Bertz CT molecular complexity index is 374. The Morgan fingerprint density at radius 1 is 1.27 bits per heavy atom. The smallest absolute Gasteiger partial charge is 0.0499 e. The van der Waals surface area contributed by atoms with Gasteiger partial charge < -0.3 is 5.73 Å². The van der Waals surface area contributed by atoms with Crippen LogP contribution >= 0.6 is 11.6 Å². The third-order valence-electron chi connectivity index (χ3n) is 2.29. The van der Waals surface area contributed by atoms with Gasteiger partial charge in [0.2, 0.25) is 0 Å². The first kappa shape index (κ1) is 12.1. The van der Waals surface area contributed by atoms with Gasteiger partial charge in [0, 0.05) is 16.3 Å². The van der Waals surface area contributed by atoms with Crippen molar-refractivity contribution >= 4 is 17.3 Å². The van der Waals surface area contributed by atoms with E-state index in [9.17, 15) is 0 Å². The second-order valence-corrected chi connectivity index (χ2v) is 3.91. The number of allylic oxidation sites excluding steroid dienone is 1. The van der Waals surface area contributed by atoms with E-state index in [0.717, 1.165) is 29.1 Å². The molecule has 2 heteroatoms. The number of benzene rings is 1. The lowest BCUT2D eigenvalue weighted by atomic mass is 10.1. The molecule has 0 heterocycles. The molecular weight excluding hydrogens is 206 g/mol. The zero-order chi connectivity index (χ0) is 11.4. The Morgan fingerprint density at radius 2 is 1.87 bits per heavy atom. The van der Waals surface area contributed by atoms with Gasteiger partial charge in [-0.1, -0.05) is 37.1 Å². The molecule has 1 aliphatic rings. The van der Waals surface area contributed by atoms with Gasteiger partial charge in [0.05, 0.1) is 0 Å². The van der Waals surface area contributed by atoms with Crippen LogP contribution in [0.1, 0.15) is 37.8 Å². The van der Waals surface area contributed by atoms with Crippen LogP contribution in [0.5, 0.6) is 0 Å². The molecule has 0 aliphatic heterocycles. The fourth-order valence-corrected chi connectivity index (χ4v) is 1.59. The van der Waals surface area contributed by atoms with Crippen molar-refractivity contribution in [3.63, 3.8) is 0 Å². The average molecular weight is 224 g/mol. The Balaban J connectivity index is 0.000000531. The van der Waals surface area contributed by atoms with Crippen molar-refractivity contribution in [2.75, 3.05) is 0 Å². The Morgan fingerprint density at radius 3 is 2.40 bits per heavy atom. The average Bonchev–Trinajstić information content (AvgIpc) is 3.07. The van der Waals surface area contributed by atoms with Crippen molar-refractivity contribution in [3.8, 4) is 0 Å². The summed E-state index contributed by atoms with van der Waals surface area (Å²) in [7, 11) is 0. The largest absolute Gasteiger partial charge is 0.398 e. The summed E-state index contributed by atoms with van der Waals surface area (Å²) in [6, 6.07) is 5.95. The Kier molecular flexibility index (Phi) is 4.22. The molecule has 1 saturated carbocycles. The molecular formula is C13H18ClN. The molecule has 1 fully saturated rings. The summed E-state index contributed by atoms with van der Waals surface area (Å²) in [6.07, 6.45) is 2.27. The van der Waals surface area contributed by atoms with Crippen molar-refractivity contribution < 1.29 is 0 Å². The normalized spacial score (nSPS) is 12.9. The topological polar surface area (TPSA) is 26.0 Å². The highest BCUT2D eigenvalue weighted by Crippen LogP contribution is 2.35. The molecule has 0 radical (unpaired) electrons.